The smallest absolute Gasteiger partial charge is 0.193 e. The Labute approximate surface area is 152 Å². The summed E-state index contributed by atoms with van der Waals surface area (Å²) in [7, 11) is 1.85. The molecule has 1 N–H and O–H groups in total. The number of hydrogen-bond acceptors (Lipinski definition) is 3. The van der Waals surface area contributed by atoms with Crippen molar-refractivity contribution in [1.82, 2.24) is 10.2 Å². The van der Waals surface area contributed by atoms with Crippen molar-refractivity contribution in [2.24, 2.45) is 4.99 Å². The molecular formula is C20H33N3O2. The first-order valence-corrected chi connectivity index (χ1v) is 9.39. The van der Waals surface area contributed by atoms with Gasteiger partial charge in [-0.2, -0.15) is 0 Å². The number of guanidine groups is 1. The van der Waals surface area contributed by atoms with Crippen molar-refractivity contribution < 1.29 is 9.47 Å². The Morgan fingerprint density at radius 1 is 1.28 bits per heavy atom. The molecule has 1 saturated heterocycles. The van der Waals surface area contributed by atoms with Crippen LogP contribution in [0.25, 0.3) is 0 Å². The van der Waals surface area contributed by atoms with Gasteiger partial charge in [0.25, 0.3) is 0 Å². The summed E-state index contributed by atoms with van der Waals surface area (Å²) in [6.07, 6.45) is 2.78. The summed E-state index contributed by atoms with van der Waals surface area (Å²) < 4.78 is 11.4. The van der Waals surface area contributed by atoms with Crippen molar-refractivity contribution in [2.45, 2.75) is 59.0 Å². The van der Waals surface area contributed by atoms with Gasteiger partial charge in [-0.05, 0) is 44.7 Å². The Morgan fingerprint density at radius 2 is 2.00 bits per heavy atom. The van der Waals surface area contributed by atoms with Crippen LogP contribution < -0.4 is 5.32 Å². The molecule has 5 heteroatoms. The molecule has 25 heavy (non-hydrogen) atoms. The van der Waals surface area contributed by atoms with E-state index in [0.29, 0.717) is 12.7 Å². The van der Waals surface area contributed by atoms with Crippen LogP contribution in [0.1, 0.15) is 44.7 Å². The maximum Gasteiger partial charge on any atom is 0.193 e. The number of piperidine rings is 1. The second kappa shape index (κ2) is 10.4. The lowest BCUT2D eigenvalue weighted by molar-refractivity contribution is 0.0263. The number of ether oxygens (including phenoxy) is 2. The molecule has 140 valence electrons. The average molecular weight is 348 g/mol. The number of benzene rings is 1. The van der Waals surface area contributed by atoms with Gasteiger partial charge in [-0.1, -0.05) is 24.3 Å². The predicted octanol–water partition coefficient (Wildman–Crippen LogP) is 3.19. The monoisotopic (exact) mass is 347 g/mol. The molecule has 0 saturated carbocycles. The van der Waals surface area contributed by atoms with Crippen LogP contribution in [0.2, 0.25) is 0 Å². The van der Waals surface area contributed by atoms with E-state index in [9.17, 15) is 0 Å². The number of nitrogens with zero attached hydrogens (tertiary/aromatic N) is 2. The molecule has 5 nitrogen and oxygen atoms in total. The number of likely N-dealkylation sites (tertiary alicyclic amines) is 1. The van der Waals surface area contributed by atoms with Crippen LogP contribution in [0.15, 0.2) is 29.3 Å². The van der Waals surface area contributed by atoms with Crippen LogP contribution in [0.5, 0.6) is 0 Å². The molecule has 1 fully saturated rings. The normalized spacial score (nSPS) is 16.5. The van der Waals surface area contributed by atoms with Crippen LogP contribution in [0.3, 0.4) is 0 Å². The predicted molar refractivity (Wildman–Crippen MR) is 103 cm³/mol. The zero-order valence-electron chi connectivity index (χ0n) is 16.1. The van der Waals surface area contributed by atoms with Crippen LogP contribution >= 0.6 is 0 Å². The van der Waals surface area contributed by atoms with Crippen molar-refractivity contribution in [1.29, 1.82) is 0 Å². The number of aliphatic imine (C=N–C) groups is 1. The fourth-order valence-corrected chi connectivity index (χ4v) is 3.08. The van der Waals surface area contributed by atoms with Crippen LogP contribution in [-0.4, -0.2) is 49.8 Å². The molecule has 0 aromatic heterocycles. The lowest BCUT2D eigenvalue weighted by atomic mass is 10.1. The molecule has 1 aliphatic rings. The lowest BCUT2D eigenvalue weighted by Crippen LogP contribution is -2.46. The Morgan fingerprint density at radius 3 is 2.64 bits per heavy atom. The van der Waals surface area contributed by atoms with Crippen molar-refractivity contribution in [3.05, 3.63) is 35.4 Å². The van der Waals surface area contributed by atoms with Gasteiger partial charge in [0.1, 0.15) is 0 Å². The molecule has 0 unspecified atom stereocenters. The summed E-state index contributed by atoms with van der Waals surface area (Å²) in [6, 6.07) is 8.54. The van der Waals surface area contributed by atoms with Gasteiger partial charge < -0.3 is 19.7 Å². The highest BCUT2D eigenvalue weighted by molar-refractivity contribution is 5.79. The zero-order valence-corrected chi connectivity index (χ0v) is 16.1. The topological polar surface area (TPSA) is 46.1 Å². The third-order valence-corrected chi connectivity index (χ3v) is 4.38. The summed E-state index contributed by atoms with van der Waals surface area (Å²) in [6.45, 7) is 10.4. The zero-order chi connectivity index (χ0) is 18.1. The summed E-state index contributed by atoms with van der Waals surface area (Å²) >= 11 is 0. The Balaban J connectivity index is 1.84. The first kappa shape index (κ1) is 19.7. The van der Waals surface area contributed by atoms with Gasteiger partial charge in [0, 0.05) is 33.3 Å². The highest BCUT2D eigenvalue weighted by atomic mass is 16.5. The minimum absolute atomic E-state index is 0.250. The number of nitrogens with one attached hydrogen (secondary N) is 1. The summed E-state index contributed by atoms with van der Waals surface area (Å²) in [5.74, 6) is 0.971. The standard InChI is InChI=1S/C20H33N3O2/c1-5-24-19-9-11-23(12-10-19)20(21-4)22-14-17-7-6-8-18(13-17)15-25-16(2)3/h6-8,13,16,19H,5,9-12,14-15H2,1-4H3,(H,21,22). The summed E-state index contributed by atoms with van der Waals surface area (Å²) in [5, 5.41) is 3.49. The van der Waals surface area contributed by atoms with Crippen molar-refractivity contribution in [3.63, 3.8) is 0 Å². The van der Waals surface area contributed by atoms with Crippen LogP contribution in [0.4, 0.5) is 0 Å². The molecule has 0 radical (unpaired) electrons. The quantitative estimate of drug-likeness (QED) is 0.608. The minimum atomic E-state index is 0.250. The van der Waals surface area contributed by atoms with Crippen molar-refractivity contribution in [3.8, 4) is 0 Å². The third kappa shape index (κ3) is 6.67. The van der Waals surface area contributed by atoms with Gasteiger partial charge in [-0.15, -0.1) is 0 Å². The van der Waals surface area contributed by atoms with E-state index in [1.807, 2.05) is 7.05 Å². The highest BCUT2D eigenvalue weighted by Gasteiger charge is 2.21. The largest absolute Gasteiger partial charge is 0.378 e. The number of rotatable bonds is 7. The third-order valence-electron chi connectivity index (χ3n) is 4.38. The SMILES string of the molecule is CCOC1CCN(C(=NC)NCc2cccc(COC(C)C)c2)CC1. The molecule has 0 bridgehead atoms. The van der Waals surface area contributed by atoms with E-state index in [-0.39, 0.29) is 6.10 Å². The lowest BCUT2D eigenvalue weighted by Gasteiger charge is -2.34. The highest BCUT2D eigenvalue weighted by Crippen LogP contribution is 2.14. The van der Waals surface area contributed by atoms with E-state index < -0.39 is 0 Å². The first-order chi connectivity index (χ1) is 12.1. The molecule has 1 aromatic carbocycles. The summed E-state index contributed by atoms with van der Waals surface area (Å²) in [5.41, 5.74) is 2.45. The first-order valence-electron chi connectivity index (χ1n) is 9.39. The molecule has 0 atom stereocenters. The van der Waals surface area contributed by atoms with E-state index in [1.54, 1.807) is 0 Å². The van der Waals surface area contributed by atoms with E-state index >= 15 is 0 Å². The number of hydrogen-bond donors (Lipinski definition) is 1. The molecular weight excluding hydrogens is 314 g/mol. The van der Waals surface area contributed by atoms with E-state index in [2.05, 4.69) is 60.2 Å². The fraction of sp³-hybridized carbons (Fsp3) is 0.650. The van der Waals surface area contributed by atoms with Gasteiger partial charge in [0.2, 0.25) is 0 Å². The van der Waals surface area contributed by atoms with Gasteiger partial charge in [0.05, 0.1) is 18.8 Å². The second-order valence-electron chi connectivity index (χ2n) is 6.72. The Hall–Kier alpha value is -1.59. The van der Waals surface area contributed by atoms with Gasteiger partial charge in [0.15, 0.2) is 5.96 Å². The van der Waals surface area contributed by atoms with E-state index in [4.69, 9.17) is 9.47 Å². The maximum absolute atomic E-state index is 5.73. The van der Waals surface area contributed by atoms with Gasteiger partial charge in [-0.25, -0.2) is 0 Å². The molecule has 1 aromatic rings. The van der Waals surface area contributed by atoms with E-state index in [0.717, 1.165) is 45.0 Å². The molecule has 1 heterocycles. The molecule has 0 amide bonds. The summed E-state index contributed by atoms with van der Waals surface area (Å²) in [4.78, 5) is 6.77. The van der Waals surface area contributed by atoms with Gasteiger partial charge in [-0.3, -0.25) is 4.99 Å². The minimum Gasteiger partial charge on any atom is -0.378 e. The second-order valence-corrected chi connectivity index (χ2v) is 6.72. The Kier molecular flexibility index (Phi) is 8.22. The Bertz CT molecular complexity index is 537. The molecule has 2 rings (SSSR count). The van der Waals surface area contributed by atoms with Crippen LogP contribution in [0, 0.1) is 0 Å². The van der Waals surface area contributed by atoms with E-state index in [1.165, 1.54) is 11.1 Å². The molecule has 0 aliphatic carbocycles. The molecule has 1 aliphatic heterocycles. The van der Waals surface area contributed by atoms with Crippen molar-refractivity contribution >= 4 is 5.96 Å². The van der Waals surface area contributed by atoms with Crippen LogP contribution in [-0.2, 0) is 22.6 Å². The average Bonchev–Trinajstić information content (AvgIpc) is 2.62. The fourth-order valence-electron chi connectivity index (χ4n) is 3.08. The molecule has 0 spiro atoms. The van der Waals surface area contributed by atoms with Crippen molar-refractivity contribution in [2.75, 3.05) is 26.7 Å². The van der Waals surface area contributed by atoms with Gasteiger partial charge >= 0.3 is 0 Å². The maximum atomic E-state index is 5.73.